The van der Waals surface area contributed by atoms with Gasteiger partial charge in [0.25, 0.3) is 0 Å². The van der Waals surface area contributed by atoms with Crippen LogP contribution in [0.2, 0.25) is 5.15 Å². The normalized spacial score (nSPS) is 18.1. The Bertz CT molecular complexity index is 309. The summed E-state index contributed by atoms with van der Waals surface area (Å²) < 4.78 is 12.4. The monoisotopic (exact) mass is 229 g/mol. The van der Waals surface area contributed by atoms with Gasteiger partial charge in [0.1, 0.15) is 0 Å². The van der Waals surface area contributed by atoms with Crippen LogP contribution in [0.25, 0.3) is 0 Å². The molecule has 15 heavy (non-hydrogen) atoms. The fraction of sp³-hybridized carbons (Fsp3) is 0.600. The third-order valence-electron chi connectivity index (χ3n) is 2.77. The summed E-state index contributed by atoms with van der Waals surface area (Å²) in [5.74, 6) is 1.05. The van der Waals surface area contributed by atoms with Crippen molar-refractivity contribution in [3.63, 3.8) is 0 Å². The third kappa shape index (κ3) is 2.56. The topological polar surface area (TPSA) is 29.0 Å². The van der Waals surface area contributed by atoms with E-state index in [-0.39, 0.29) is 12.6 Å². The lowest BCUT2D eigenvalue weighted by atomic mass is 9.98. The molecule has 0 spiro atoms. The Morgan fingerprint density at radius 3 is 2.60 bits per heavy atom. The number of halogens is 2. The fourth-order valence-corrected chi connectivity index (χ4v) is 1.89. The number of hydrogen-bond acceptors (Lipinski definition) is 3. The first kappa shape index (κ1) is 10.6. The Kier molecular flexibility index (Phi) is 3.36. The van der Waals surface area contributed by atoms with Gasteiger partial charge >= 0.3 is 0 Å². The average molecular weight is 230 g/mol. The molecule has 0 bridgehead atoms. The van der Waals surface area contributed by atoms with Gasteiger partial charge in [-0.1, -0.05) is 11.6 Å². The van der Waals surface area contributed by atoms with Gasteiger partial charge in [0, 0.05) is 13.1 Å². The maximum atomic E-state index is 12.4. The summed E-state index contributed by atoms with van der Waals surface area (Å²) in [5.41, 5.74) is 0. The van der Waals surface area contributed by atoms with Gasteiger partial charge in [-0.2, -0.15) is 0 Å². The van der Waals surface area contributed by atoms with Gasteiger partial charge in [-0.15, -0.1) is 10.2 Å². The standard InChI is InChI=1S/C10H13ClFN3/c11-9-1-2-10(14-13-9)15-5-3-8(7-12)4-6-15/h1-2,8H,3-7H2. The van der Waals surface area contributed by atoms with Gasteiger partial charge in [0.05, 0.1) is 6.67 Å². The number of nitrogens with zero attached hydrogens (tertiary/aromatic N) is 3. The first-order valence-electron chi connectivity index (χ1n) is 5.09. The van der Waals surface area contributed by atoms with E-state index in [2.05, 4.69) is 15.1 Å². The van der Waals surface area contributed by atoms with Crippen LogP contribution in [0.5, 0.6) is 0 Å². The van der Waals surface area contributed by atoms with Crippen molar-refractivity contribution in [2.24, 2.45) is 5.92 Å². The minimum Gasteiger partial charge on any atom is -0.355 e. The molecule has 0 unspecified atom stereocenters. The molecule has 0 aromatic carbocycles. The Labute approximate surface area is 93.3 Å². The van der Waals surface area contributed by atoms with E-state index in [4.69, 9.17) is 11.6 Å². The van der Waals surface area contributed by atoms with E-state index in [1.807, 2.05) is 6.07 Å². The highest BCUT2D eigenvalue weighted by atomic mass is 35.5. The van der Waals surface area contributed by atoms with Crippen LogP contribution in [0.3, 0.4) is 0 Å². The van der Waals surface area contributed by atoms with Gasteiger partial charge in [-0.05, 0) is 30.9 Å². The van der Waals surface area contributed by atoms with Gasteiger partial charge < -0.3 is 4.90 Å². The lowest BCUT2D eigenvalue weighted by molar-refractivity contribution is 0.307. The van der Waals surface area contributed by atoms with E-state index in [0.717, 1.165) is 31.7 Å². The van der Waals surface area contributed by atoms with Crippen LogP contribution in [0, 0.1) is 5.92 Å². The largest absolute Gasteiger partial charge is 0.355 e. The van der Waals surface area contributed by atoms with Crippen LogP contribution in [0.1, 0.15) is 12.8 Å². The van der Waals surface area contributed by atoms with Crippen molar-refractivity contribution in [3.8, 4) is 0 Å². The molecule has 3 nitrogen and oxygen atoms in total. The maximum absolute atomic E-state index is 12.4. The molecule has 2 heterocycles. The van der Waals surface area contributed by atoms with Crippen molar-refractivity contribution < 1.29 is 4.39 Å². The molecular weight excluding hydrogens is 217 g/mol. The van der Waals surface area contributed by atoms with Gasteiger partial charge in [-0.3, -0.25) is 4.39 Å². The Balaban J connectivity index is 1.98. The van der Waals surface area contributed by atoms with E-state index in [0.29, 0.717) is 5.15 Å². The molecule has 1 fully saturated rings. The smallest absolute Gasteiger partial charge is 0.151 e. The molecule has 0 atom stereocenters. The first-order chi connectivity index (χ1) is 7.29. The summed E-state index contributed by atoms with van der Waals surface area (Å²) in [6.07, 6.45) is 1.78. The number of alkyl halides is 1. The maximum Gasteiger partial charge on any atom is 0.151 e. The highest BCUT2D eigenvalue weighted by molar-refractivity contribution is 6.29. The second kappa shape index (κ2) is 4.75. The molecule has 1 saturated heterocycles. The number of anilines is 1. The molecule has 82 valence electrons. The molecule has 1 aromatic rings. The van der Waals surface area contributed by atoms with E-state index < -0.39 is 0 Å². The summed E-state index contributed by atoms with van der Waals surface area (Å²) in [7, 11) is 0. The molecule has 0 aliphatic carbocycles. The van der Waals surface area contributed by atoms with Crippen molar-refractivity contribution >= 4 is 17.4 Å². The number of rotatable bonds is 2. The SMILES string of the molecule is FCC1CCN(c2ccc(Cl)nn2)CC1. The van der Waals surface area contributed by atoms with Gasteiger partial charge in [0.15, 0.2) is 11.0 Å². The summed E-state index contributed by atoms with van der Waals surface area (Å²) in [6.45, 7) is 1.50. The van der Waals surface area contributed by atoms with Crippen LogP contribution in [-0.2, 0) is 0 Å². The number of hydrogen-bond donors (Lipinski definition) is 0. The van der Waals surface area contributed by atoms with Crippen molar-refractivity contribution in [1.82, 2.24) is 10.2 Å². The minimum atomic E-state index is -0.208. The van der Waals surface area contributed by atoms with Crippen LogP contribution in [-0.4, -0.2) is 30.0 Å². The lowest BCUT2D eigenvalue weighted by Gasteiger charge is -2.31. The van der Waals surface area contributed by atoms with Gasteiger partial charge in [-0.25, -0.2) is 0 Å². The van der Waals surface area contributed by atoms with Gasteiger partial charge in [0.2, 0.25) is 0 Å². The summed E-state index contributed by atoms with van der Waals surface area (Å²) >= 11 is 5.65. The molecule has 0 saturated carbocycles. The predicted molar refractivity (Wildman–Crippen MR) is 58.0 cm³/mol. The van der Waals surface area contributed by atoms with E-state index >= 15 is 0 Å². The third-order valence-corrected chi connectivity index (χ3v) is 2.98. The minimum absolute atomic E-state index is 0.208. The Hall–Kier alpha value is -0.900. The highest BCUT2D eigenvalue weighted by Gasteiger charge is 2.19. The van der Waals surface area contributed by atoms with Crippen molar-refractivity contribution in [1.29, 1.82) is 0 Å². The van der Waals surface area contributed by atoms with Crippen LogP contribution in [0.15, 0.2) is 12.1 Å². The van der Waals surface area contributed by atoms with Crippen LogP contribution in [0.4, 0.5) is 10.2 Å². The first-order valence-corrected chi connectivity index (χ1v) is 5.47. The zero-order chi connectivity index (χ0) is 10.7. The fourth-order valence-electron chi connectivity index (χ4n) is 1.79. The summed E-state index contributed by atoms with van der Waals surface area (Å²) in [4.78, 5) is 2.12. The molecular formula is C10H13ClFN3. The average Bonchev–Trinajstić information content (AvgIpc) is 2.30. The van der Waals surface area contributed by atoms with E-state index in [1.165, 1.54) is 0 Å². The van der Waals surface area contributed by atoms with Crippen molar-refractivity contribution in [2.75, 3.05) is 24.7 Å². The quantitative estimate of drug-likeness (QED) is 0.780. The second-order valence-corrected chi connectivity index (χ2v) is 4.19. The molecule has 1 aliphatic heterocycles. The zero-order valence-corrected chi connectivity index (χ0v) is 9.12. The number of aromatic nitrogens is 2. The van der Waals surface area contributed by atoms with Crippen molar-refractivity contribution in [2.45, 2.75) is 12.8 Å². The van der Waals surface area contributed by atoms with Crippen molar-refractivity contribution in [3.05, 3.63) is 17.3 Å². The summed E-state index contributed by atoms with van der Waals surface area (Å²) in [5, 5.41) is 8.20. The summed E-state index contributed by atoms with van der Waals surface area (Å²) in [6, 6.07) is 3.58. The van der Waals surface area contributed by atoms with E-state index in [1.54, 1.807) is 6.07 Å². The van der Waals surface area contributed by atoms with Crippen LogP contribution >= 0.6 is 11.6 Å². The molecule has 2 rings (SSSR count). The highest BCUT2D eigenvalue weighted by Crippen LogP contribution is 2.21. The molecule has 1 aromatic heterocycles. The second-order valence-electron chi connectivity index (χ2n) is 3.80. The zero-order valence-electron chi connectivity index (χ0n) is 8.37. The lowest BCUT2D eigenvalue weighted by Crippen LogP contribution is -2.34. The van der Waals surface area contributed by atoms with E-state index in [9.17, 15) is 4.39 Å². The molecule has 0 radical (unpaired) electrons. The molecule has 0 N–H and O–H groups in total. The Morgan fingerprint density at radius 1 is 1.33 bits per heavy atom. The molecule has 5 heteroatoms. The number of piperidine rings is 1. The molecule has 0 amide bonds. The predicted octanol–water partition coefficient (Wildman–Crippen LogP) is 2.32. The Morgan fingerprint density at radius 2 is 2.07 bits per heavy atom. The molecule has 1 aliphatic rings. The van der Waals surface area contributed by atoms with Crippen LogP contribution < -0.4 is 4.90 Å².